The number of carboxylic acid groups (broad SMARTS) is 1. The number of halogens is 3. The summed E-state index contributed by atoms with van der Waals surface area (Å²) in [5.41, 5.74) is -1.30. The number of pyridine rings is 1. The molecule has 0 aliphatic rings. The third-order valence-corrected chi connectivity index (χ3v) is 2.56. The zero-order valence-electron chi connectivity index (χ0n) is 7.97. The molecule has 0 fully saturated rings. The average molecular weight is 296 g/mol. The molecule has 16 heavy (non-hydrogen) atoms. The number of H-pyrrole nitrogens is 1. The van der Waals surface area contributed by atoms with E-state index in [1.54, 1.807) is 0 Å². The number of hydrogen-bond acceptors (Lipinski definition) is 2. The minimum absolute atomic E-state index is 0.0280. The van der Waals surface area contributed by atoms with Gasteiger partial charge < -0.3 is 10.1 Å². The number of aromatic nitrogens is 1. The molecule has 0 atom stereocenters. The average Bonchev–Trinajstić information content (AvgIpc) is 2.16. The van der Waals surface area contributed by atoms with Gasteiger partial charge in [-0.05, 0) is 0 Å². The predicted molar refractivity (Wildman–Crippen MR) is 56.0 cm³/mol. The monoisotopic (exact) mass is 295 g/mol. The highest BCUT2D eigenvalue weighted by atomic mass is 79.9. The fourth-order valence-electron chi connectivity index (χ4n) is 1.24. The fourth-order valence-corrected chi connectivity index (χ4v) is 1.83. The van der Waals surface area contributed by atoms with E-state index in [4.69, 9.17) is 5.11 Å². The lowest BCUT2D eigenvalue weighted by molar-refractivity contribution is -0.136. The van der Waals surface area contributed by atoms with Gasteiger partial charge in [-0.25, -0.2) is 8.78 Å². The Morgan fingerprint density at radius 2 is 2.19 bits per heavy atom. The molecule has 1 aromatic heterocycles. The van der Waals surface area contributed by atoms with E-state index in [0.29, 0.717) is 0 Å². The van der Waals surface area contributed by atoms with Gasteiger partial charge in [-0.1, -0.05) is 15.9 Å². The summed E-state index contributed by atoms with van der Waals surface area (Å²) >= 11 is 2.97. The predicted octanol–water partition coefficient (Wildman–Crippen LogP) is 1.83. The molecule has 0 aliphatic carbocycles. The Bertz CT molecular complexity index is 459. The highest BCUT2D eigenvalue weighted by Crippen LogP contribution is 2.16. The summed E-state index contributed by atoms with van der Waals surface area (Å²) in [5, 5.41) is 8.60. The van der Waals surface area contributed by atoms with Crippen molar-refractivity contribution in [2.75, 3.05) is 0 Å². The minimum atomic E-state index is -2.87. The lowest BCUT2D eigenvalue weighted by Gasteiger charge is -2.07. The van der Waals surface area contributed by atoms with Crippen molar-refractivity contribution in [3.8, 4) is 0 Å². The molecule has 0 unspecified atom stereocenters. The summed E-state index contributed by atoms with van der Waals surface area (Å²) in [5.74, 6) is -1.14. The van der Waals surface area contributed by atoms with Gasteiger partial charge in [-0.15, -0.1) is 0 Å². The second-order valence-electron chi connectivity index (χ2n) is 3.04. The molecule has 1 heterocycles. The molecule has 1 aromatic rings. The number of carboxylic acids is 1. The Kier molecular flexibility index (Phi) is 4.17. The van der Waals surface area contributed by atoms with Crippen molar-refractivity contribution < 1.29 is 18.7 Å². The molecule has 0 aliphatic heterocycles. The highest BCUT2D eigenvalue weighted by Gasteiger charge is 2.18. The van der Waals surface area contributed by atoms with Gasteiger partial charge in [-0.2, -0.15) is 0 Å². The second-order valence-corrected chi connectivity index (χ2v) is 3.60. The van der Waals surface area contributed by atoms with Crippen molar-refractivity contribution in [1.29, 1.82) is 0 Å². The summed E-state index contributed by atoms with van der Waals surface area (Å²) in [6.45, 7) is 0. The van der Waals surface area contributed by atoms with Crippen LogP contribution in [0.25, 0.3) is 0 Å². The van der Waals surface area contributed by atoms with Crippen LogP contribution in [-0.2, 0) is 16.5 Å². The van der Waals surface area contributed by atoms with Gasteiger partial charge in [-0.3, -0.25) is 9.59 Å². The van der Waals surface area contributed by atoms with E-state index in [1.165, 1.54) is 0 Å². The first kappa shape index (κ1) is 12.8. The topological polar surface area (TPSA) is 70.2 Å². The summed E-state index contributed by atoms with van der Waals surface area (Å²) in [6.07, 6.45) is -2.42. The Morgan fingerprint density at radius 1 is 1.56 bits per heavy atom. The third-order valence-electron chi connectivity index (χ3n) is 2.00. The Hall–Kier alpha value is -1.24. The van der Waals surface area contributed by atoms with Crippen LogP contribution in [0.4, 0.5) is 8.78 Å². The van der Waals surface area contributed by atoms with Crippen molar-refractivity contribution in [2.45, 2.75) is 18.2 Å². The largest absolute Gasteiger partial charge is 0.481 e. The number of carbonyl (C=O) groups is 1. The van der Waals surface area contributed by atoms with E-state index in [2.05, 4.69) is 20.9 Å². The van der Waals surface area contributed by atoms with Crippen LogP contribution >= 0.6 is 15.9 Å². The molecule has 1 rings (SSSR count). The lowest BCUT2D eigenvalue weighted by atomic mass is 10.1. The number of hydrogen-bond donors (Lipinski definition) is 2. The molecule has 2 N–H and O–H groups in total. The summed E-state index contributed by atoms with van der Waals surface area (Å²) in [4.78, 5) is 24.4. The van der Waals surface area contributed by atoms with Gasteiger partial charge in [0.2, 0.25) is 0 Å². The van der Waals surface area contributed by atoms with Crippen LogP contribution in [0.5, 0.6) is 0 Å². The van der Waals surface area contributed by atoms with Gasteiger partial charge in [0.05, 0.1) is 12.0 Å². The quantitative estimate of drug-likeness (QED) is 0.833. The SMILES string of the molecule is O=C(O)Cc1[nH]cc(C(F)F)c(=O)c1CBr. The van der Waals surface area contributed by atoms with Crippen molar-refractivity contribution in [3.63, 3.8) is 0 Å². The zero-order valence-corrected chi connectivity index (χ0v) is 9.55. The molecule has 0 saturated heterocycles. The van der Waals surface area contributed by atoms with Crippen LogP contribution in [-0.4, -0.2) is 16.1 Å². The summed E-state index contributed by atoms with van der Waals surface area (Å²) in [7, 11) is 0. The van der Waals surface area contributed by atoms with E-state index < -0.39 is 29.8 Å². The molecule has 0 saturated carbocycles. The van der Waals surface area contributed by atoms with Crippen LogP contribution in [0.2, 0.25) is 0 Å². The van der Waals surface area contributed by atoms with Crippen LogP contribution < -0.4 is 5.43 Å². The third kappa shape index (κ3) is 2.66. The number of aromatic amines is 1. The molecule has 4 nitrogen and oxygen atoms in total. The standard InChI is InChI=1S/C9H8BrF2NO3/c10-2-4-6(1-7(14)15)13-3-5(8(4)16)9(11)12/h3,9H,1-2H2,(H,13,16)(H,14,15). The van der Waals surface area contributed by atoms with Crippen LogP contribution in [0.3, 0.4) is 0 Å². The van der Waals surface area contributed by atoms with Gasteiger partial charge in [0.25, 0.3) is 6.43 Å². The molecule has 0 aromatic carbocycles. The van der Waals surface area contributed by atoms with Crippen molar-refractivity contribution in [1.82, 2.24) is 4.98 Å². The molecule has 0 amide bonds. The van der Waals surface area contributed by atoms with E-state index in [9.17, 15) is 18.4 Å². The highest BCUT2D eigenvalue weighted by molar-refractivity contribution is 9.08. The lowest BCUT2D eigenvalue weighted by Crippen LogP contribution is -2.19. The zero-order chi connectivity index (χ0) is 12.3. The molecular weight excluding hydrogens is 288 g/mol. The van der Waals surface area contributed by atoms with Crippen LogP contribution in [0.15, 0.2) is 11.0 Å². The van der Waals surface area contributed by atoms with E-state index >= 15 is 0 Å². The van der Waals surface area contributed by atoms with Gasteiger partial charge >= 0.3 is 5.97 Å². The van der Waals surface area contributed by atoms with Crippen LogP contribution in [0.1, 0.15) is 23.2 Å². The smallest absolute Gasteiger partial charge is 0.309 e. The normalized spacial score (nSPS) is 10.8. The molecular formula is C9H8BrF2NO3. The molecule has 7 heteroatoms. The molecule has 0 bridgehead atoms. The number of nitrogens with one attached hydrogen (secondary N) is 1. The minimum Gasteiger partial charge on any atom is -0.481 e. The van der Waals surface area contributed by atoms with Gasteiger partial charge in [0.1, 0.15) is 0 Å². The first-order valence-electron chi connectivity index (χ1n) is 4.26. The number of rotatable bonds is 4. The molecule has 88 valence electrons. The van der Waals surface area contributed by atoms with E-state index in [-0.39, 0.29) is 16.6 Å². The second kappa shape index (κ2) is 5.20. The molecule has 0 radical (unpaired) electrons. The fraction of sp³-hybridized carbons (Fsp3) is 0.333. The Balaban J connectivity index is 3.29. The Morgan fingerprint density at radius 3 is 2.62 bits per heavy atom. The Labute approximate surface area is 97.4 Å². The van der Waals surface area contributed by atoms with Gasteiger partial charge in [0, 0.05) is 22.8 Å². The van der Waals surface area contributed by atoms with Crippen molar-refractivity contribution in [2.24, 2.45) is 0 Å². The maximum absolute atomic E-state index is 12.4. The van der Waals surface area contributed by atoms with Crippen LogP contribution in [0, 0.1) is 0 Å². The number of alkyl halides is 3. The van der Waals surface area contributed by atoms with Crippen molar-refractivity contribution in [3.05, 3.63) is 33.2 Å². The molecule has 0 spiro atoms. The maximum atomic E-state index is 12.4. The van der Waals surface area contributed by atoms with Gasteiger partial charge in [0.15, 0.2) is 5.43 Å². The van der Waals surface area contributed by atoms with Crippen molar-refractivity contribution >= 4 is 21.9 Å². The maximum Gasteiger partial charge on any atom is 0.309 e. The first-order valence-corrected chi connectivity index (χ1v) is 5.38. The van der Waals surface area contributed by atoms with E-state index in [1.807, 2.05) is 0 Å². The summed E-state index contributed by atoms with van der Waals surface area (Å²) < 4.78 is 24.8. The number of aliphatic carboxylic acids is 1. The van der Waals surface area contributed by atoms with E-state index in [0.717, 1.165) is 6.20 Å². The first-order chi connectivity index (χ1) is 7.47. The summed E-state index contributed by atoms with van der Waals surface area (Å²) in [6, 6.07) is 0.